The zero-order valence-electron chi connectivity index (χ0n) is 26.4. The van der Waals surface area contributed by atoms with Gasteiger partial charge in [-0.15, -0.1) is 11.6 Å². The smallest absolute Gasteiger partial charge is 0.411 e. The number of aryl methyl sites for hydroxylation is 1. The third-order valence-electron chi connectivity index (χ3n) is 7.96. The van der Waals surface area contributed by atoms with Crippen molar-refractivity contribution in [3.8, 4) is 0 Å². The van der Waals surface area contributed by atoms with Gasteiger partial charge in [-0.1, -0.05) is 61.9 Å². The van der Waals surface area contributed by atoms with Crippen LogP contribution in [0.3, 0.4) is 0 Å². The van der Waals surface area contributed by atoms with Gasteiger partial charge in [0, 0.05) is 18.3 Å². The molecule has 0 bridgehead atoms. The van der Waals surface area contributed by atoms with Gasteiger partial charge in [-0.25, -0.2) is 18.0 Å². The number of amides is 1. The Hall–Kier alpha value is -3.63. The average Bonchev–Trinajstić information content (AvgIpc) is 3.00. The van der Waals surface area contributed by atoms with Gasteiger partial charge in [0.1, 0.15) is 12.2 Å². The largest absolute Gasteiger partial charge is 0.457 e. The molecule has 0 aliphatic carbocycles. The number of aromatic nitrogens is 1. The second-order valence-electron chi connectivity index (χ2n) is 12.4. The van der Waals surface area contributed by atoms with E-state index in [1.807, 2.05) is 37.3 Å². The minimum Gasteiger partial charge on any atom is -0.457 e. The lowest BCUT2D eigenvalue weighted by atomic mass is 9.95. The number of hydrogen-bond donors (Lipinski definition) is 0. The van der Waals surface area contributed by atoms with Crippen LogP contribution in [0.15, 0.2) is 82.5 Å². The molecule has 242 valence electrons. The zero-order chi connectivity index (χ0) is 33.0. The number of carbonyl (C=O) groups excluding carboxylic acids is 2. The lowest BCUT2D eigenvalue weighted by Gasteiger charge is -2.50. The Morgan fingerprint density at radius 3 is 2.24 bits per heavy atom. The first-order chi connectivity index (χ1) is 21.2. The van der Waals surface area contributed by atoms with Crippen molar-refractivity contribution in [2.75, 3.05) is 6.54 Å². The lowest BCUT2D eigenvalue weighted by Crippen LogP contribution is -2.66. The molecule has 1 amide bonds. The normalized spacial score (nSPS) is 20.4. The Bertz CT molecular complexity index is 1670. The first kappa shape index (κ1) is 34.2. The summed E-state index contributed by atoms with van der Waals surface area (Å²) < 4.78 is 41.4. The number of ether oxygens (including phenoxy) is 2. The van der Waals surface area contributed by atoms with E-state index >= 15 is 0 Å². The van der Waals surface area contributed by atoms with Crippen molar-refractivity contribution in [2.24, 2.45) is 0 Å². The maximum absolute atomic E-state index is 14.4. The average molecular weight is 657 g/mol. The van der Waals surface area contributed by atoms with Crippen molar-refractivity contribution in [3.63, 3.8) is 0 Å². The van der Waals surface area contributed by atoms with Crippen molar-refractivity contribution in [1.82, 2.24) is 9.47 Å². The lowest BCUT2D eigenvalue weighted by molar-refractivity contribution is 0.000879. The number of sulfone groups is 1. The van der Waals surface area contributed by atoms with E-state index in [2.05, 4.69) is 0 Å². The molecular weight excluding hydrogens is 616 g/mol. The summed E-state index contributed by atoms with van der Waals surface area (Å²) in [4.78, 5) is 39.5. The third kappa shape index (κ3) is 7.28. The summed E-state index contributed by atoms with van der Waals surface area (Å²) in [5, 5.41) is -1.27. The number of piperidine rings is 1. The SMILES string of the molecule is CCCCc1cc(C(=O)OCc2ccccc2)cc(=O)n1C1CCN(C(=O)OC(C)(C)C)C(C)(S(=O)(=O)c2ccccc2)C1Cl. The van der Waals surface area contributed by atoms with E-state index in [1.165, 1.54) is 34.6 Å². The van der Waals surface area contributed by atoms with Crippen LogP contribution in [-0.2, 0) is 32.3 Å². The predicted molar refractivity (Wildman–Crippen MR) is 173 cm³/mol. The van der Waals surface area contributed by atoms with Crippen LogP contribution in [0, 0.1) is 0 Å². The highest BCUT2D eigenvalue weighted by Crippen LogP contribution is 2.45. The van der Waals surface area contributed by atoms with E-state index in [0.29, 0.717) is 18.5 Å². The minimum absolute atomic E-state index is 0.0116. The van der Waals surface area contributed by atoms with Gasteiger partial charge in [0.15, 0.2) is 4.87 Å². The molecule has 3 unspecified atom stereocenters. The fourth-order valence-corrected chi connectivity index (χ4v) is 8.21. The molecule has 0 N–H and O–H groups in total. The van der Waals surface area contributed by atoms with Crippen LogP contribution in [-0.4, -0.2) is 52.3 Å². The second kappa shape index (κ2) is 13.8. The molecule has 1 saturated heterocycles. The summed E-state index contributed by atoms with van der Waals surface area (Å²) in [5.41, 5.74) is 0.0665. The minimum atomic E-state index is -4.30. The van der Waals surface area contributed by atoms with Crippen LogP contribution < -0.4 is 5.56 Å². The van der Waals surface area contributed by atoms with Gasteiger partial charge in [-0.05, 0) is 70.7 Å². The number of hydrogen-bond acceptors (Lipinski definition) is 7. The number of rotatable bonds is 9. The molecule has 1 aliphatic heterocycles. The van der Waals surface area contributed by atoms with E-state index in [-0.39, 0.29) is 30.0 Å². The molecule has 3 atom stereocenters. The van der Waals surface area contributed by atoms with Gasteiger partial charge in [-0.2, -0.15) is 0 Å². The quantitative estimate of drug-likeness (QED) is 0.190. The van der Waals surface area contributed by atoms with Crippen LogP contribution >= 0.6 is 11.6 Å². The highest BCUT2D eigenvalue weighted by Gasteiger charge is 2.59. The molecule has 0 saturated carbocycles. The number of esters is 1. The van der Waals surface area contributed by atoms with Crippen molar-refractivity contribution < 1.29 is 27.5 Å². The van der Waals surface area contributed by atoms with Gasteiger partial charge in [0.2, 0.25) is 9.84 Å². The van der Waals surface area contributed by atoms with Crippen LogP contribution in [0.25, 0.3) is 0 Å². The predicted octanol–water partition coefficient (Wildman–Crippen LogP) is 6.53. The zero-order valence-corrected chi connectivity index (χ0v) is 27.9. The third-order valence-corrected chi connectivity index (χ3v) is 11.3. The standard InChI is InChI=1S/C34H41ClN2O7S/c1-6-7-16-26-21-25(31(39)43-23-24-14-10-8-11-15-24)22-29(38)37(26)28-19-20-36(32(40)44-33(2,3)4)34(5,30(28)35)45(41,42)27-17-12-9-13-18-27/h8-15,17-18,21-22,28,30H,6-7,16,19-20,23H2,1-5H3. The van der Waals surface area contributed by atoms with E-state index in [4.69, 9.17) is 21.1 Å². The summed E-state index contributed by atoms with van der Waals surface area (Å²) in [6, 6.07) is 19.0. The Balaban J connectivity index is 1.78. The molecule has 2 heterocycles. The molecular formula is C34H41ClN2O7S. The van der Waals surface area contributed by atoms with Crippen molar-refractivity contribution >= 4 is 33.5 Å². The molecule has 3 aromatic rings. The van der Waals surface area contributed by atoms with E-state index in [9.17, 15) is 22.8 Å². The number of nitrogens with zero attached hydrogens (tertiary/aromatic N) is 2. The molecule has 2 aromatic carbocycles. The maximum atomic E-state index is 14.4. The number of alkyl halides is 1. The van der Waals surface area contributed by atoms with Gasteiger partial charge < -0.3 is 14.0 Å². The summed E-state index contributed by atoms with van der Waals surface area (Å²) >= 11 is 7.19. The van der Waals surface area contributed by atoms with Crippen LogP contribution in [0.1, 0.15) is 81.5 Å². The highest BCUT2D eigenvalue weighted by atomic mass is 35.5. The van der Waals surface area contributed by atoms with Gasteiger partial charge >= 0.3 is 12.1 Å². The van der Waals surface area contributed by atoms with Gasteiger partial charge in [0.25, 0.3) is 5.56 Å². The molecule has 45 heavy (non-hydrogen) atoms. The molecule has 1 aromatic heterocycles. The highest BCUT2D eigenvalue weighted by molar-refractivity contribution is 7.93. The fraction of sp³-hybridized carbons (Fsp3) is 0.441. The molecule has 4 rings (SSSR count). The first-order valence-electron chi connectivity index (χ1n) is 15.1. The topological polar surface area (TPSA) is 112 Å². The Kier molecular flexibility index (Phi) is 10.5. The Morgan fingerprint density at radius 2 is 1.64 bits per heavy atom. The number of benzene rings is 2. The Morgan fingerprint density at radius 1 is 1.02 bits per heavy atom. The summed E-state index contributed by atoms with van der Waals surface area (Å²) in [6.07, 6.45) is 1.35. The molecule has 1 aliphatic rings. The number of unbranched alkanes of at least 4 members (excludes halogenated alkanes) is 1. The molecule has 0 radical (unpaired) electrons. The Labute approximate surface area is 270 Å². The van der Waals surface area contributed by atoms with Crippen LogP contribution in [0.4, 0.5) is 4.79 Å². The van der Waals surface area contributed by atoms with E-state index in [0.717, 1.165) is 12.0 Å². The summed E-state index contributed by atoms with van der Waals surface area (Å²) in [7, 11) is -4.30. The van der Waals surface area contributed by atoms with E-state index in [1.54, 1.807) is 45.0 Å². The van der Waals surface area contributed by atoms with Crippen molar-refractivity contribution in [1.29, 1.82) is 0 Å². The second-order valence-corrected chi connectivity index (χ2v) is 15.1. The summed E-state index contributed by atoms with van der Waals surface area (Å²) in [6.45, 7) is 8.53. The number of pyridine rings is 1. The number of carbonyl (C=O) groups is 2. The first-order valence-corrected chi connectivity index (χ1v) is 17.0. The molecule has 9 nitrogen and oxygen atoms in total. The number of halogens is 1. The van der Waals surface area contributed by atoms with Crippen LogP contribution in [0.2, 0.25) is 0 Å². The maximum Gasteiger partial charge on any atom is 0.411 e. The van der Waals surface area contributed by atoms with E-state index < -0.39 is 49.4 Å². The van der Waals surface area contributed by atoms with Crippen molar-refractivity contribution in [2.45, 2.75) is 93.7 Å². The van der Waals surface area contributed by atoms with Crippen molar-refractivity contribution in [3.05, 3.63) is 100.0 Å². The van der Waals surface area contributed by atoms with Gasteiger partial charge in [-0.3, -0.25) is 9.69 Å². The fourth-order valence-electron chi connectivity index (χ4n) is 5.60. The molecule has 0 spiro atoms. The van der Waals surface area contributed by atoms with Gasteiger partial charge in [0.05, 0.1) is 21.9 Å². The van der Waals surface area contributed by atoms with Crippen LogP contribution in [0.5, 0.6) is 0 Å². The summed E-state index contributed by atoms with van der Waals surface area (Å²) in [5.74, 6) is -0.639. The monoisotopic (exact) mass is 656 g/mol. The molecule has 1 fully saturated rings. The number of likely N-dealkylation sites (tertiary alicyclic amines) is 1. The molecule has 11 heteroatoms.